The molecule has 2 aromatic rings. The van der Waals surface area contributed by atoms with Crippen LogP contribution in [0, 0.1) is 6.92 Å². The van der Waals surface area contributed by atoms with E-state index >= 15 is 0 Å². The smallest absolute Gasteiger partial charge is 0.244 e. The molecule has 0 bridgehead atoms. The minimum atomic E-state index is -0.0580. The number of rotatable bonds is 3. The van der Waals surface area contributed by atoms with Crippen molar-refractivity contribution in [2.24, 2.45) is 0 Å². The average molecular weight is 284 g/mol. The number of nitrogens with one attached hydrogen (secondary N) is 1. The molecule has 1 aromatic carbocycles. The number of hydrogen-bond donors (Lipinski definition) is 1. The van der Waals surface area contributed by atoms with Gasteiger partial charge >= 0.3 is 0 Å². The maximum atomic E-state index is 12.0. The van der Waals surface area contributed by atoms with Gasteiger partial charge in [-0.25, -0.2) is 4.98 Å². The highest BCUT2D eigenvalue weighted by molar-refractivity contribution is 7.09. The fourth-order valence-electron chi connectivity index (χ4n) is 2.54. The van der Waals surface area contributed by atoms with Gasteiger partial charge in [0.2, 0.25) is 5.91 Å². The molecule has 4 heteroatoms. The van der Waals surface area contributed by atoms with Crippen LogP contribution in [0.1, 0.15) is 34.3 Å². The van der Waals surface area contributed by atoms with E-state index in [1.54, 1.807) is 23.5 Å². The number of nitrogens with zero attached hydrogens (tertiary/aromatic N) is 1. The van der Waals surface area contributed by atoms with Crippen molar-refractivity contribution in [2.45, 2.75) is 25.8 Å². The largest absolute Gasteiger partial charge is 0.346 e. The van der Waals surface area contributed by atoms with E-state index in [1.165, 1.54) is 11.1 Å². The van der Waals surface area contributed by atoms with Gasteiger partial charge < -0.3 is 5.32 Å². The van der Waals surface area contributed by atoms with E-state index in [2.05, 4.69) is 22.4 Å². The van der Waals surface area contributed by atoms with Gasteiger partial charge in [0.05, 0.1) is 16.7 Å². The second-order valence-electron chi connectivity index (χ2n) is 4.92. The fraction of sp³-hybridized carbons (Fsp3) is 0.250. The molecule has 1 amide bonds. The zero-order valence-corrected chi connectivity index (χ0v) is 12.1. The normalized spacial score (nSPS) is 17.4. The molecule has 102 valence electrons. The third-order valence-corrected chi connectivity index (χ3v) is 4.28. The summed E-state index contributed by atoms with van der Waals surface area (Å²) in [5.41, 5.74) is 3.44. The minimum absolute atomic E-state index is 0.0580. The first kappa shape index (κ1) is 13.1. The summed E-state index contributed by atoms with van der Waals surface area (Å²) in [6, 6.07) is 8.45. The lowest BCUT2D eigenvalue weighted by molar-refractivity contribution is -0.117. The summed E-state index contributed by atoms with van der Waals surface area (Å²) < 4.78 is 0. The first-order valence-corrected chi connectivity index (χ1v) is 7.59. The number of benzene rings is 1. The second kappa shape index (κ2) is 5.59. The average Bonchev–Trinajstić information content (AvgIpc) is 3.04. The predicted molar refractivity (Wildman–Crippen MR) is 81.5 cm³/mol. The van der Waals surface area contributed by atoms with Crippen molar-refractivity contribution in [2.75, 3.05) is 0 Å². The molecule has 20 heavy (non-hydrogen) atoms. The summed E-state index contributed by atoms with van der Waals surface area (Å²) >= 11 is 1.59. The van der Waals surface area contributed by atoms with Crippen LogP contribution in [-0.4, -0.2) is 10.9 Å². The van der Waals surface area contributed by atoms with Crippen LogP contribution in [0.25, 0.3) is 6.08 Å². The number of carbonyl (C=O) groups excluding carboxylic acids is 1. The Kier molecular flexibility index (Phi) is 3.65. The van der Waals surface area contributed by atoms with Crippen LogP contribution in [0.15, 0.2) is 35.7 Å². The Bertz CT molecular complexity index is 660. The molecule has 3 nitrogen and oxygen atoms in total. The first-order chi connectivity index (χ1) is 9.72. The van der Waals surface area contributed by atoms with Gasteiger partial charge in [-0.15, -0.1) is 11.3 Å². The van der Waals surface area contributed by atoms with Crippen LogP contribution in [0.4, 0.5) is 0 Å². The Balaban J connectivity index is 1.64. The van der Waals surface area contributed by atoms with Crippen molar-refractivity contribution in [3.8, 4) is 0 Å². The molecule has 1 unspecified atom stereocenters. The Morgan fingerprint density at radius 2 is 2.30 bits per heavy atom. The monoisotopic (exact) mass is 284 g/mol. The molecule has 0 aliphatic heterocycles. The highest BCUT2D eigenvalue weighted by atomic mass is 32.1. The van der Waals surface area contributed by atoms with Crippen molar-refractivity contribution >= 4 is 23.3 Å². The topological polar surface area (TPSA) is 42.0 Å². The summed E-state index contributed by atoms with van der Waals surface area (Å²) in [5, 5.41) is 6.02. The van der Waals surface area contributed by atoms with Gasteiger partial charge in [-0.05, 0) is 37.0 Å². The lowest BCUT2D eigenvalue weighted by Gasteiger charge is -2.12. The Hall–Kier alpha value is -1.94. The molecular formula is C16H16N2OS. The van der Waals surface area contributed by atoms with Gasteiger partial charge in [0.25, 0.3) is 0 Å². The zero-order chi connectivity index (χ0) is 13.9. The Morgan fingerprint density at radius 1 is 1.45 bits per heavy atom. The van der Waals surface area contributed by atoms with Crippen LogP contribution < -0.4 is 5.32 Å². The quantitative estimate of drug-likeness (QED) is 0.879. The van der Waals surface area contributed by atoms with Gasteiger partial charge in [-0.3, -0.25) is 4.79 Å². The first-order valence-electron chi connectivity index (χ1n) is 6.71. The van der Waals surface area contributed by atoms with E-state index in [9.17, 15) is 4.79 Å². The number of fused-ring (bicyclic) bond motifs is 1. The number of thiazole rings is 1. The van der Waals surface area contributed by atoms with Crippen LogP contribution in [0.3, 0.4) is 0 Å². The molecule has 1 atom stereocenters. The molecular weight excluding hydrogens is 268 g/mol. The van der Waals surface area contributed by atoms with Crippen molar-refractivity contribution in [1.82, 2.24) is 10.3 Å². The number of aryl methyl sites for hydroxylation is 2. The van der Waals surface area contributed by atoms with Crippen LogP contribution in [0.5, 0.6) is 0 Å². The van der Waals surface area contributed by atoms with E-state index in [0.29, 0.717) is 0 Å². The number of aromatic nitrogens is 1. The van der Waals surface area contributed by atoms with Crippen molar-refractivity contribution in [3.63, 3.8) is 0 Å². The summed E-state index contributed by atoms with van der Waals surface area (Å²) in [6.45, 7) is 1.96. The number of carbonyl (C=O) groups is 1. The summed E-state index contributed by atoms with van der Waals surface area (Å²) in [7, 11) is 0. The van der Waals surface area contributed by atoms with E-state index in [4.69, 9.17) is 0 Å². The molecule has 1 heterocycles. The SMILES string of the molecule is Cc1nc(/C=C/C(=O)NC2CCc3ccccc32)cs1. The van der Waals surface area contributed by atoms with Gasteiger partial charge in [-0.2, -0.15) is 0 Å². The number of amides is 1. The lowest BCUT2D eigenvalue weighted by atomic mass is 10.1. The maximum absolute atomic E-state index is 12.0. The van der Waals surface area contributed by atoms with E-state index < -0.39 is 0 Å². The minimum Gasteiger partial charge on any atom is -0.346 e. The molecule has 0 spiro atoms. The Morgan fingerprint density at radius 3 is 3.10 bits per heavy atom. The van der Waals surface area contributed by atoms with Crippen molar-refractivity contribution < 1.29 is 4.79 Å². The van der Waals surface area contributed by atoms with Crippen LogP contribution in [0.2, 0.25) is 0 Å². The summed E-state index contributed by atoms with van der Waals surface area (Å²) in [4.78, 5) is 16.3. The molecule has 1 aliphatic carbocycles. The second-order valence-corrected chi connectivity index (χ2v) is 5.99. The predicted octanol–water partition coefficient (Wildman–Crippen LogP) is 3.27. The Labute approximate surface area is 122 Å². The molecule has 0 saturated heterocycles. The third-order valence-electron chi connectivity index (χ3n) is 3.49. The van der Waals surface area contributed by atoms with Crippen LogP contribution in [-0.2, 0) is 11.2 Å². The van der Waals surface area contributed by atoms with Crippen LogP contribution >= 0.6 is 11.3 Å². The fourth-order valence-corrected chi connectivity index (χ4v) is 3.13. The third kappa shape index (κ3) is 2.80. The van der Waals surface area contributed by atoms with Gasteiger partial charge in [0.15, 0.2) is 0 Å². The van der Waals surface area contributed by atoms with E-state index in [0.717, 1.165) is 23.5 Å². The summed E-state index contributed by atoms with van der Waals surface area (Å²) in [5.74, 6) is -0.0580. The lowest BCUT2D eigenvalue weighted by Crippen LogP contribution is -2.25. The molecule has 0 radical (unpaired) electrons. The zero-order valence-electron chi connectivity index (χ0n) is 11.3. The molecule has 1 N–H and O–H groups in total. The standard InChI is InChI=1S/C16H16N2OS/c1-11-17-13(10-20-11)7-9-16(19)18-15-8-6-12-4-2-3-5-14(12)15/h2-5,7,9-10,15H,6,8H2,1H3,(H,18,19)/b9-7+. The molecule has 0 fully saturated rings. The number of hydrogen-bond acceptors (Lipinski definition) is 3. The van der Waals surface area contributed by atoms with Crippen molar-refractivity contribution in [1.29, 1.82) is 0 Å². The van der Waals surface area contributed by atoms with E-state index in [1.807, 2.05) is 24.4 Å². The van der Waals surface area contributed by atoms with Gasteiger partial charge in [0, 0.05) is 11.5 Å². The molecule has 1 aromatic heterocycles. The highest BCUT2D eigenvalue weighted by Crippen LogP contribution is 2.30. The summed E-state index contributed by atoms with van der Waals surface area (Å²) in [6.07, 6.45) is 5.35. The molecule has 1 aliphatic rings. The maximum Gasteiger partial charge on any atom is 0.244 e. The molecule has 0 saturated carbocycles. The van der Waals surface area contributed by atoms with E-state index in [-0.39, 0.29) is 11.9 Å². The van der Waals surface area contributed by atoms with Gasteiger partial charge in [0.1, 0.15) is 0 Å². The van der Waals surface area contributed by atoms with Gasteiger partial charge in [-0.1, -0.05) is 24.3 Å². The highest BCUT2D eigenvalue weighted by Gasteiger charge is 2.22. The van der Waals surface area contributed by atoms with Crippen molar-refractivity contribution in [3.05, 3.63) is 57.6 Å². The molecule has 3 rings (SSSR count).